The van der Waals surface area contributed by atoms with Crippen LogP contribution in [0.3, 0.4) is 0 Å². The molecule has 0 fully saturated rings. The lowest BCUT2D eigenvalue weighted by atomic mass is 10.1. The van der Waals surface area contributed by atoms with Gasteiger partial charge in [0.25, 0.3) is 5.91 Å². The highest BCUT2D eigenvalue weighted by molar-refractivity contribution is 7.92. The van der Waals surface area contributed by atoms with E-state index in [9.17, 15) is 18.0 Å². The van der Waals surface area contributed by atoms with Gasteiger partial charge in [-0.15, -0.1) is 0 Å². The molecular weight excluding hydrogens is 406 g/mol. The van der Waals surface area contributed by atoms with Crippen LogP contribution in [0, 0.1) is 0 Å². The summed E-state index contributed by atoms with van der Waals surface area (Å²) in [4.78, 5) is 25.3. The summed E-state index contributed by atoms with van der Waals surface area (Å²) in [6.45, 7) is 3.94. The quantitative estimate of drug-likeness (QED) is 0.633. The maximum atomic E-state index is 12.9. The molecule has 0 aliphatic carbocycles. The van der Waals surface area contributed by atoms with Gasteiger partial charge < -0.3 is 15.4 Å². The molecule has 2 rings (SSSR count). The number of carbonyl (C=O) groups excluding carboxylic acids is 2. The SMILES string of the molecule is CCCNC(=O)c1ccccc1NC(=O)[C@H](C)N(c1ccc(OC)cc1)S(C)(=O)=O. The van der Waals surface area contributed by atoms with Crippen LogP contribution in [0.2, 0.25) is 0 Å². The summed E-state index contributed by atoms with van der Waals surface area (Å²) in [5, 5.41) is 5.45. The van der Waals surface area contributed by atoms with Gasteiger partial charge in [0.05, 0.1) is 30.3 Å². The van der Waals surface area contributed by atoms with E-state index in [1.807, 2.05) is 6.92 Å². The van der Waals surface area contributed by atoms with Crippen molar-refractivity contribution >= 4 is 33.2 Å². The van der Waals surface area contributed by atoms with E-state index in [-0.39, 0.29) is 5.91 Å². The van der Waals surface area contributed by atoms with E-state index in [1.54, 1.807) is 48.5 Å². The molecule has 2 N–H and O–H groups in total. The maximum absolute atomic E-state index is 12.9. The summed E-state index contributed by atoms with van der Waals surface area (Å²) in [5.74, 6) is -0.307. The van der Waals surface area contributed by atoms with Crippen molar-refractivity contribution in [1.82, 2.24) is 5.32 Å². The van der Waals surface area contributed by atoms with E-state index in [1.165, 1.54) is 14.0 Å². The van der Waals surface area contributed by atoms with E-state index in [2.05, 4.69) is 10.6 Å². The van der Waals surface area contributed by atoms with Crippen molar-refractivity contribution in [3.8, 4) is 5.75 Å². The predicted octanol–water partition coefficient (Wildman–Crippen LogP) is 2.63. The fourth-order valence-corrected chi connectivity index (χ4v) is 4.07. The number of rotatable bonds is 9. The van der Waals surface area contributed by atoms with E-state index in [4.69, 9.17) is 4.74 Å². The van der Waals surface area contributed by atoms with Crippen LogP contribution in [-0.2, 0) is 14.8 Å². The van der Waals surface area contributed by atoms with Gasteiger partial charge in [-0.3, -0.25) is 13.9 Å². The molecule has 162 valence electrons. The number of anilines is 2. The first kappa shape index (κ1) is 23.2. The first-order valence-electron chi connectivity index (χ1n) is 9.50. The van der Waals surface area contributed by atoms with Gasteiger partial charge in [-0.1, -0.05) is 19.1 Å². The normalized spacial score (nSPS) is 12.0. The molecular formula is C21H27N3O5S. The highest BCUT2D eigenvalue weighted by Crippen LogP contribution is 2.25. The average Bonchev–Trinajstić information content (AvgIpc) is 2.72. The Balaban J connectivity index is 2.29. The molecule has 2 aromatic carbocycles. The minimum absolute atomic E-state index is 0.307. The van der Waals surface area contributed by atoms with Crippen LogP contribution in [0.1, 0.15) is 30.6 Å². The third-order valence-corrected chi connectivity index (χ3v) is 5.62. The van der Waals surface area contributed by atoms with Crippen LogP contribution in [-0.4, -0.2) is 46.2 Å². The first-order valence-corrected chi connectivity index (χ1v) is 11.4. The molecule has 0 radical (unpaired) electrons. The summed E-state index contributed by atoms with van der Waals surface area (Å²) in [5.41, 5.74) is 0.947. The van der Waals surface area contributed by atoms with Gasteiger partial charge in [0, 0.05) is 6.54 Å². The monoisotopic (exact) mass is 433 g/mol. The topological polar surface area (TPSA) is 105 Å². The second-order valence-electron chi connectivity index (χ2n) is 6.72. The molecule has 0 bridgehead atoms. The summed E-state index contributed by atoms with van der Waals surface area (Å²) in [6.07, 6.45) is 1.82. The molecule has 2 amide bonds. The Kier molecular flexibility index (Phi) is 7.82. The number of carbonyl (C=O) groups is 2. The van der Waals surface area contributed by atoms with Crippen molar-refractivity contribution in [2.75, 3.05) is 29.5 Å². The molecule has 0 heterocycles. The van der Waals surface area contributed by atoms with Crippen molar-refractivity contribution in [3.63, 3.8) is 0 Å². The number of sulfonamides is 1. The van der Waals surface area contributed by atoms with Crippen molar-refractivity contribution in [2.45, 2.75) is 26.3 Å². The number of hydrogen-bond donors (Lipinski definition) is 2. The third-order valence-electron chi connectivity index (χ3n) is 4.38. The number of benzene rings is 2. The Morgan fingerprint density at radius 1 is 1.10 bits per heavy atom. The second kappa shape index (κ2) is 10.1. The summed E-state index contributed by atoms with van der Waals surface area (Å²) >= 11 is 0. The lowest BCUT2D eigenvalue weighted by Gasteiger charge is -2.28. The Labute approximate surface area is 177 Å². The molecule has 8 nitrogen and oxygen atoms in total. The number of para-hydroxylation sites is 1. The first-order chi connectivity index (χ1) is 14.2. The molecule has 30 heavy (non-hydrogen) atoms. The summed E-state index contributed by atoms with van der Waals surface area (Å²) in [7, 11) is -2.25. The Bertz CT molecular complexity index is 990. The van der Waals surface area contributed by atoms with Gasteiger partial charge in [-0.25, -0.2) is 8.42 Å². The highest BCUT2D eigenvalue weighted by Gasteiger charge is 2.29. The Hall–Kier alpha value is -3.07. The third kappa shape index (κ3) is 5.73. The summed E-state index contributed by atoms with van der Waals surface area (Å²) in [6, 6.07) is 11.9. The number of nitrogens with zero attached hydrogens (tertiary/aromatic N) is 1. The van der Waals surface area contributed by atoms with E-state index < -0.39 is 22.0 Å². The van der Waals surface area contributed by atoms with E-state index >= 15 is 0 Å². The van der Waals surface area contributed by atoms with Crippen LogP contribution in [0.4, 0.5) is 11.4 Å². The van der Waals surface area contributed by atoms with Crippen molar-refractivity contribution in [3.05, 3.63) is 54.1 Å². The molecule has 0 unspecified atom stereocenters. The Morgan fingerprint density at radius 3 is 2.30 bits per heavy atom. The number of ether oxygens (including phenoxy) is 1. The van der Waals surface area contributed by atoms with Crippen LogP contribution in [0.5, 0.6) is 5.75 Å². The zero-order chi connectivity index (χ0) is 22.3. The number of hydrogen-bond acceptors (Lipinski definition) is 5. The van der Waals surface area contributed by atoms with Crippen molar-refractivity contribution in [1.29, 1.82) is 0 Å². The molecule has 1 atom stereocenters. The van der Waals surface area contributed by atoms with Crippen LogP contribution in [0.15, 0.2) is 48.5 Å². The van der Waals surface area contributed by atoms with Gasteiger partial charge in [0.2, 0.25) is 15.9 Å². The lowest BCUT2D eigenvalue weighted by molar-refractivity contribution is -0.116. The molecule has 0 aliphatic rings. The van der Waals surface area contributed by atoms with Crippen LogP contribution >= 0.6 is 0 Å². The minimum atomic E-state index is -3.76. The second-order valence-corrected chi connectivity index (χ2v) is 8.58. The van der Waals surface area contributed by atoms with E-state index in [0.717, 1.165) is 17.0 Å². The lowest BCUT2D eigenvalue weighted by Crippen LogP contribution is -2.45. The molecule has 2 aromatic rings. The fraction of sp³-hybridized carbons (Fsp3) is 0.333. The fourth-order valence-electron chi connectivity index (χ4n) is 2.90. The highest BCUT2D eigenvalue weighted by atomic mass is 32.2. The van der Waals surface area contributed by atoms with Crippen LogP contribution < -0.4 is 19.7 Å². The van der Waals surface area contributed by atoms with Gasteiger partial charge in [-0.05, 0) is 49.7 Å². The number of nitrogens with one attached hydrogen (secondary N) is 2. The van der Waals surface area contributed by atoms with Crippen LogP contribution in [0.25, 0.3) is 0 Å². The molecule has 9 heteroatoms. The molecule has 0 aliphatic heterocycles. The Morgan fingerprint density at radius 2 is 1.73 bits per heavy atom. The number of amides is 2. The van der Waals surface area contributed by atoms with Crippen molar-refractivity contribution in [2.24, 2.45) is 0 Å². The zero-order valence-electron chi connectivity index (χ0n) is 17.5. The molecule has 0 aromatic heterocycles. The smallest absolute Gasteiger partial charge is 0.253 e. The van der Waals surface area contributed by atoms with Gasteiger partial charge in [0.1, 0.15) is 11.8 Å². The molecule has 0 saturated carbocycles. The number of methoxy groups -OCH3 is 1. The minimum Gasteiger partial charge on any atom is -0.497 e. The predicted molar refractivity (Wildman–Crippen MR) is 117 cm³/mol. The average molecular weight is 434 g/mol. The standard InChI is InChI=1S/C21H27N3O5S/c1-5-14-22-21(26)18-8-6-7-9-19(18)23-20(25)15(2)24(30(4,27)28)16-10-12-17(29-3)13-11-16/h6-13,15H,5,14H2,1-4H3,(H,22,26)(H,23,25)/t15-/m0/s1. The summed E-state index contributed by atoms with van der Waals surface area (Å²) < 4.78 is 31.0. The largest absolute Gasteiger partial charge is 0.497 e. The zero-order valence-corrected chi connectivity index (χ0v) is 18.3. The van der Waals surface area contributed by atoms with Gasteiger partial charge in [0.15, 0.2) is 0 Å². The van der Waals surface area contributed by atoms with Gasteiger partial charge in [-0.2, -0.15) is 0 Å². The maximum Gasteiger partial charge on any atom is 0.253 e. The van der Waals surface area contributed by atoms with Gasteiger partial charge >= 0.3 is 0 Å². The molecule has 0 saturated heterocycles. The van der Waals surface area contributed by atoms with Crippen molar-refractivity contribution < 1.29 is 22.7 Å². The van der Waals surface area contributed by atoms with E-state index in [0.29, 0.717) is 29.2 Å². The molecule has 0 spiro atoms.